The molecule has 0 saturated carbocycles. The first-order chi connectivity index (χ1) is 10.1. The number of amides is 1. The maximum Gasteiger partial charge on any atom is 0.260 e. The van der Waals surface area contributed by atoms with E-state index in [1.807, 2.05) is 18.2 Å². The molecule has 0 aliphatic carbocycles. The van der Waals surface area contributed by atoms with Gasteiger partial charge in [0.1, 0.15) is 12.4 Å². The molecule has 0 aliphatic rings. The Balaban J connectivity index is 2.27. The molecule has 0 bridgehead atoms. The summed E-state index contributed by atoms with van der Waals surface area (Å²) < 4.78 is 14.0. The highest BCUT2D eigenvalue weighted by atomic mass is 19.1. The maximum atomic E-state index is 14.0. The second kappa shape index (κ2) is 6.69. The first-order valence-electron chi connectivity index (χ1n) is 6.36. The molecule has 0 atom stereocenters. The Morgan fingerprint density at radius 2 is 1.95 bits per heavy atom. The van der Waals surface area contributed by atoms with Gasteiger partial charge in [-0.3, -0.25) is 4.79 Å². The normalized spacial score (nSPS) is 9.67. The molecule has 0 aliphatic heterocycles. The molecule has 0 heterocycles. The van der Waals surface area contributed by atoms with Crippen molar-refractivity contribution in [1.82, 2.24) is 0 Å². The fraction of sp³-hybridized carbons (Fsp3) is 0.118. The van der Waals surface area contributed by atoms with Crippen molar-refractivity contribution in [3.05, 3.63) is 65.5 Å². The number of nitrogens with zero attached hydrogens (tertiary/aromatic N) is 1. The van der Waals surface area contributed by atoms with E-state index in [0.29, 0.717) is 11.3 Å². The number of carbonyl (C=O) groups excluding carboxylic acids is 1. The fourth-order valence-corrected chi connectivity index (χ4v) is 1.86. The lowest BCUT2D eigenvalue weighted by molar-refractivity contribution is 0.0989. The van der Waals surface area contributed by atoms with E-state index in [1.54, 1.807) is 25.2 Å². The summed E-state index contributed by atoms with van der Waals surface area (Å²) >= 11 is 0. The van der Waals surface area contributed by atoms with Gasteiger partial charge in [-0.25, -0.2) is 4.39 Å². The van der Waals surface area contributed by atoms with Crippen LogP contribution < -0.4 is 4.90 Å². The van der Waals surface area contributed by atoms with Gasteiger partial charge in [-0.1, -0.05) is 30.0 Å². The van der Waals surface area contributed by atoms with Crippen LogP contribution in [0.3, 0.4) is 0 Å². The Hall–Kier alpha value is -2.64. The standard InChI is InChI=1S/C17H14FNO2/c1-19(14-7-3-2-4-8-14)17(21)15-10-9-13(6-5-11-20)12-16(15)18/h2-4,7-10,12,20H,11H2,1H3. The molecule has 106 valence electrons. The fourth-order valence-electron chi connectivity index (χ4n) is 1.86. The summed E-state index contributed by atoms with van der Waals surface area (Å²) in [5, 5.41) is 8.61. The topological polar surface area (TPSA) is 40.5 Å². The van der Waals surface area contributed by atoms with E-state index in [9.17, 15) is 9.18 Å². The van der Waals surface area contributed by atoms with Gasteiger partial charge in [-0.05, 0) is 30.3 Å². The number of benzene rings is 2. The van der Waals surface area contributed by atoms with Crippen LogP contribution in [0.25, 0.3) is 0 Å². The van der Waals surface area contributed by atoms with Crippen molar-refractivity contribution < 1.29 is 14.3 Å². The number of para-hydroxylation sites is 1. The van der Waals surface area contributed by atoms with Gasteiger partial charge in [0.2, 0.25) is 0 Å². The van der Waals surface area contributed by atoms with Crippen LogP contribution in [-0.4, -0.2) is 24.7 Å². The highest BCUT2D eigenvalue weighted by Gasteiger charge is 2.17. The van der Waals surface area contributed by atoms with Gasteiger partial charge in [-0.2, -0.15) is 0 Å². The Kier molecular flexibility index (Phi) is 4.70. The second-order valence-electron chi connectivity index (χ2n) is 4.35. The summed E-state index contributed by atoms with van der Waals surface area (Å²) in [5.41, 5.74) is 1.09. The molecule has 0 aromatic heterocycles. The maximum absolute atomic E-state index is 14.0. The minimum absolute atomic E-state index is 0.0177. The van der Waals surface area contributed by atoms with Gasteiger partial charge in [0.25, 0.3) is 5.91 Å². The van der Waals surface area contributed by atoms with Crippen molar-refractivity contribution in [2.75, 3.05) is 18.6 Å². The first kappa shape index (κ1) is 14.8. The number of carbonyl (C=O) groups is 1. The van der Waals surface area contributed by atoms with Crippen molar-refractivity contribution in [3.8, 4) is 11.8 Å². The van der Waals surface area contributed by atoms with Gasteiger partial charge in [-0.15, -0.1) is 0 Å². The molecule has 0 unspecified atom stereocenters. The molecule has 1 N–H and O–H groups in total. The van der Waals surface area contributed by atoms with E-state index in [2.05, 4.69) is 11.8 Å². The van der Waals surface area contributed by atoms with Crippen molar-refractivity contribution >= 4 is 11.6 Å². The molecule has 2 aromatic carbocycles. The molecule has 2 aromatic rings. The van der Waals surface area contributed by atoms with Gasteiger partial charge >= 0.3 is 0 Å². The minimum Gasteiger partial charge on any atom is -0.384 e. The summed E-state index contributed by atoms with van der Waals surface area (Å²) in [7, 11) is 1.59. The molecule has 0 fully saturated rings. The average Bonchev–Trinajstić information content (AvgIpc) is 2.52. The predicted molar refractivity (Wildman–Crippen MR) is 79.5 cm³/mol. The minimum atomic E-state index is -0.632. The van der Waals surface area contributed by atoms with E-state index in [4.69, 9.17) is 5.11 Å². The highest BCUT2D eigenvalue weighted by Crippen LogP contribution is 2.17. The summed E-state index contributed by atoms with van der Waals surface area (Å²) in [6.45, 7) is -0.293. The number of hydrogen-bond acceptors (Lipinski definition) is 2. The van der Waals surface area contributed by atoms with E-state index < -0.39 is 11.7 Å². The average molecular weight is 283 g/mol. The molecule has 0 saturated heterocycles. The third-order valence-corrected chi connectivity index (χ3v) is 2.96. The van der Waals surface area contributed by atoms with Gasteiger partial charge in [0, 0.05) is 18.3 Å². The number of anilines is 1. The number of aliphatic hydroxyl groups is 1. The zero-order valence-electron chi connectivity index (χ0n) is 11.5. The van der Waals surface area contributed by atoms with E-state index >= 15 is 0 Å². The summed E-state index contributed by atoms with van der Waals surface area (Å²) in [6, 6.07) is 13.2. The third-order valence-electron chi connectivity index (χ3n) is 2.96. The molecule has 4 heteroatoms. The molecule has 21 heavy (non-hydrogen) atoms. The van der Waals surface area contributed by atoms with Crippen molar-refractivity contribution in [2.45, 2.75) is 0 Å². The highest BCUT2D eigenvalue weighted by molar-refractivity contribution is 6.05. The zero-order chi connectivity index (χ0) is 15.2. The van der Waals surface area contributed by atoms with Crippen LogP contribution in [0.15, 0.2) is 48.5 Å². The van der Waals surface area contributed by atoms with Gasteiger partial charge < -0.3 is 10.0 Å². The van der Waals surface area contributed by atoms with Crippen LogP contribution in [0.5, 0.6) is 0 Å². The third kappa shape index (κ3) is 3.47. The molecule has 0 spiro atoms. The van der Waals surface area contributed by atoms with E-state index in [-0.39, 0.29) is 12.2 Å². The van der Waals surface area contributed by atoms with Crippen LogP contribution in [0.1, 0.15) is 15.9 Å². The summed E-state index contributed by atoms with van der Waals surface area (Å²) in [6.07, 6.45) is 0. The smallest absolute Gasteiger partial charge is 0.260 e. The lowest BCUT2D eigenvalue weighted by atomic mass is 10.1. The van der Waals surface area contributed by atoms with Crippen LogP contribution in [0.4, 0.5) is 10.1 Å². The summed E-state index contributed by atoms with van der Waals surface area (Å²) in [5.74, 6) is 3.97. The zero-order valence-corrected chi connectivity index (χ0v) is 11.5. The van der Waals surface area contributed by atoms with E-state index in [1.165, 1.54) is 17.0 Å². The second-order valence-corrected chi connectivity index (χ2v) is 4.35. The molecule has 0 radical (unpaired) electrons. The molecular formula is C17H14FNO2. The predicted octanol–water partition coefficient (Wildman–Crippen LogP) is 2.45. The SMILES string of the molecule is CN(C(=O)c1ccc(C#CCO)cc1F)c1ccccc1. The molecule has 3 nitrogen and oxygen atoms in total. The van der Waals surface area contributed by atoms with Crippen LogP contribution in [0, 0.1) is 17.7 Å². The quantitative estimate of drug-likeness (QED) is 0.860. The Morgan fingerprint density at radius 1 is 1.24 bits per heavy atom. The molecule has 2 rings (SSSR count). The van der Waals surface area contributed by atoms with Gasteiger partial charge in [0.05, 0.1) is 5.56 Å². The largest absolute Gasteiger partial charge is 0.384 e. The van der Waals surface area contributed by atoms with Crippen LogP contribution in [-0.2, 0) is 0 Å². The Morgan fingerprint density at radius 3 is 2.57 bits per heavy atom. The Labute approximate surface area is 122 Å². The number of aliphatic hydroxyl groups excluding tert-OH is 1. The lowest BCUT2D eigenvalue weighted by Gasteiger charge is -2.17. The lowest BCUT2D eigenvalue weighted by Crippen LogP contribution is -2.27. The first-order valence-corrected chi connectivity index (χ1v) is 6.36. The number of hydrogen-bond donors (Lipinski definition) is 1. The summed E-state index contributed by atoms with van der Waals surface area (Å²) in [4.78, 5) is 13.7. The monoisotopic (exact) mass is 283 g/mol. The van der Waals surface area contributed by atoms with Gasteiger partial charge in [0.15, 0.2) is 0 Å². The van der Waals surface area contributed by atoms with Crippen molar-refractivity contribution in [3.63, 3.8) is 0 Å². The van der Waals surface area contributed by atoms with Crippen molar-refractivity contribution in [1.29, 1.82) is 0 Å². The van der Waals surface area contributed by atoms with E-state index in [0.717, 1.165) is 0 Å². The van der Waals surface area contributed by atoms with Crippen molar-refractivity contribution in [2.24, 2.45) is 0 Å². The molecule has 1 amide bonds. The number of rotatable bonds is 2. The van der Waals surface area contributed by atoms with Crippen LogP contribution >= 0.6 is 0 Å². The number of halogens is 1. The molecular weight excluding hydrogens is 269 g/mol. The van der Waals surface area contributed by atoms with Crippen LogP contribution in [0.2, 0.25) is 0 Å². The Bertz CT molecular complexity index is 702.